The highest BCUT2D eigenvalue weighted by molar-refractivity contribution is 6.00. The lowest BCUT2D eigenvalue weighted by molar-refractivity contribution is -0.158. The Balaban J connectivity index is 1.64. The molecule has 2 heterocycles. The summed E-state index contributed by atoms with van der Waals surface area (Å²) in [4.78, 5) is 191. The van der Waals surface area contributed by atoms with Gasteiger partial charge in [0.1, 0.15) is 67.0 Å². The van der Waals surface area contributed by atoms with Gasteiger partial charge in [0, 0.05) is 68.3 Å². The van der Waals surface area contributed by atoms with Gasteiger partial charge in [-0.15, -0.1) is 0 Å². The average molecular weight is 1300 g/mol. The summed E-state index contributed by atoms with van der Waals surface area (Å²) in [7, 11) is 8.08. The predicted molar refractivity (Wildman–Crippen MR) is 344 cm³/mol. The third-order valence-electron chi connectivity index (χ3n) is 17.6. The minimum atomic E-state index is -1.70. The molecule has 0 radical (unpaired) electrons. The van der Waals surface area contributed by atoms with E-state index in [2.05, 4.69) is 16.0 Å². The number of rotatable bonds is 34. The Morgan fingerprint density at radius 1 is 0.548 bits per heavy atom. The highest BCUT2D eigenvalue weighted by Gasteiger charge is 2.47. The highest BCUT2D eigenvalue weighted by Crippen LogP contribution is 2.28. The number of hydrogen-bond acceptors (Lipinski definition) is 14. The Hall–Kier alpha value is -8.49. The van der Waals surface area contributed by atoms with Crippen LogP contribution in [0.3, 0.4) is 0 Å². The third-order valence-corrected chi connectivity index (χ3v) is 17.6. The number of likely N-dealkylation sites (tertiary alicyclic amines) is 2. The second kappa shape index (κ2) is 35.5. The molecule has 0 aromatic heterocycles. The number of methoxy groups -OCH3 is 1. The molecule has 514 valence electrons. The van der Waals surface area contributed by atoms with E-state index in [9.17, 15) is 53.1 Å². The third kappa shape index (κ3) is 20.5. The first-order valence-electron chi connectivity index (χ1n) is 31.9. The van der Waals surface area contributed by atoms with Crippen molar-refractivity contribution in [3.8, 4) is 0 Å². The number of carbonyl (C=O) groups is 13. The predicted octanol–water partition coefficient (Wildman–Crippen LogP) is 0.929. The number of hydrogen-bond donors (Lipinski definition) is 6. The van der Waals surface area contributed by atoms with Crippen LogP contribution in [-0.2, 0) is 79.9 Å². The quantitative estimate of drug-likeness (QED) is 0.0568. The molecule has 2 saturated heterocycles. The molecule has 0 saturated carbocycles. The molecule has 0 aliphatic carbocycles. The summed E-state index contributed by atoms with van der Waals surface area (Å²) >= 11 is 0. The van der Waals surface area contributed by atoms with Crippen LogP contribution >= 0.6 is 0 Å². The maximum Gasteiger partial charge on any atom is 0.326 e. The van der Waals surface area contributed by atoms with E-state index in [0.717, 1.165) is 14.7 Å². The lowest BCUT2D eigenvalue weighted by Crippen LogP contribution is -2.63. The van der Waals surface area contributed by atoms with Gasteiger partial charge in [-0.2, -0.15) is 0 Å². The summed E-state index contributed by atoms with van der Waals surface area (Å²) in [6.45, 7) is 13.8. The zero-order valence-corrected chi connectivity index (χ0v) is 56.5. The van der Waals surface area contributed by atoms with Gasteiger partial charge >= 0.3 is 5.97 Å². The Bertz CT molecular complexity index is 2970. The maximum absolute atomic E-state index is 15.2. The summed E-state index contributed by atoms with van der Waals surface area (Å²) < 4.78 is 5.00. The molecule has 0 bridgehead atoms. The van der Waals surface area contributed by atoms with Gasteiger partial charge in [0.2, 0.25) is 70.9 Å². The largest absolute Gasteiger partial charge is 0.480 e. The van der Waals surface area contributed by atoms with E-state index in [4.69, 9.17) is 16.2 Å². The minimum absolute atomic E-state index is 0.00175. The molecule has 27 heteroatoms. The average Bonchev–Trinajstić information content (AvgIpc) is 1.72. The Labute approximate surface area is 546 Å². The van der Waals surface area contributed by atoms with Gasteiger partial charge in [-0.25, -0.2) is 4.79 Å². The number of carbonyl (C=O) groups excluding carboxylic acids is 12. The SMILES string of the molecule is CC[C@@H](C)C(C(=O)N(C)[C@H](C(=O)N(C)[C@@H](CC(C)C)C(=O)N[C@@H](CC(N)=O)C(=O)N[C@H](Cc1ccccc1)C(=O)N1CCC[C@H]1C(=O)N1CCC[C@H]1C(=O)O)C(C)C)N(C)C(=O)C(CC(N)=O)N(C)C(=O)[C@H](C(C)C)N(C)C(=O)[C@@H](Cc1ccccc1)NC(=O)COC. The number of carboxylic acid groups (broad SMARTS) is 1. The minimum Gasteiger partial charge on any atom is -0.480 e. The summed E-state index contributed by atoms with van der Waals surface area (Å²) in [5.41, 5.74) is 12.8. The van der Waals surface area contributed by atoms with E-state index >= 15 is 14.4 Å². The summed E-state index contributed by atoms with van der Waals surface area (Å²) in [6.07, 6.45) is 0.260. The zero-order chi connectivity index (χ0) is 69.9. The van der Waals surface area contributed by atoms with Gasteiger partial charge in [0.05, 0.1) is 12.8 Å². The van der Waals surface area contributed by atoms with E-state index in [1.807, 2.05) is 0 Å². The summed E-state index contributed by atoms with van der Waals surface area (Å²) in [5.74, 6) is -12.6. The van der Waals surface area contributed by atoms with Crippen molar-refractivity contribution >= 4 is 76.9 Å². The van der Waals surface area contributed by atoms with Crippen LogP contribution in [0, 0.1) is 23.7 Å². The molecule has 11 atom stereocenters. The molecule has 4 rings (SSSR count). The molecule has 2 aliphatic heterocycles. The number of aliphatic carboxylic acids is 1. The standard InChI is InChI=1S/C66H100N12O15/c1-15-41(8)56(76(13)61(86)50(36-52(68)80)73(10)64(89)54(39(4)5)74(11)59(84)45(69-53(81)37-93-14)33-42-24-18-16-19-25-42)65(90)75(12)55(40(6)7)63(88)72(9)49(32-38(2)3)58(83)70-44(35-51(67)79)57(82)71-46(34-43-26-20-17-21-27-43)60(85)77-30-22-28-47(77)62(87)78-31-23-29-48(78)66(91)92/h16-21,24-27,38-41,44-50,54-56H,15,22-23,28-37H2,1-14H3,(H2,67,79)(H2,68,80)(H,69,81)(H,70,83)(H,71,82)(H,91,92)/t41-,44+,45-,46-,47+,48+,49+,50?,54+,55+,56?/m1/s1. The number of ether oxygens (including phenoxy) is 1. The number of benzene rings is 2. The van der Waals surface area contributed by atoms with Crippen LogP contribution in [0.1, 0.15) is 118 Å². The van der Waals surface area contributed by atoms with Crippen LogP contribution in [0.5, 0.6) is 0 Å². The molecule has 12 amide bonds. The van der Waals surface area contributed by atoms with Crippen LogP contribution in [0.25, 0.3) is 0 Å². The van der Waals surface area contributed by atoms with E-state index in [1.165, 1.54) is 61.9 Å². The van der Waals surface area contributed by atoms with Gasteiger partial charge in [-0.05, 0) is 66.9 Å². The van der Waals surface area contributed by atoms with Crippen LogP contribution in [-0.4, -0.2) is 239 Å². The van der Waals surface area contributed by atoms with Crippen molar-refractivity contribution in [1.29, 1.82) is 0 Å². The van der Waals surface area contributed by atoms with Crippen LogP contribution in [0.15, 0.2) is 60.7 Å². The molecule has 2 aliphatic rings. The molecule has 2 unspecified atom stereocenters. The molecular weight excluding hydrogens is 1200 g/mol. The second-order valence-electron chi connectivity index (χ2n) is 25.7. The first-order chi connectivity index (χ1) is 43.7. The number of likely N-dealkylation sites (N-methyl/N-ethyl adjacent to an activating group) is 5. The molecule has 27 nitrogen and oxygen atoms in total. The van der Waals surface area contributed by atoms with Gasteiger partial charge in [-0.3, -0.25) is 57.5 Å². The fourth-order valence-electron chi connectivity index (χ4n) is 12.5. The van der Waals surface area contributed by atoms with E-state index < -0.39 is 168 Å². The molecule has 2 aromatic rings. The van der Waals surface area contributed by atoms with Crippen molar-refractivity contribution in [3.05, 3.63) is 71.8 Å². The fourth-order valence-corrected chi connectivity index (χ4v) is 12.5. The number of carboxylic acids is 1. The van der Waals surface area contributed by atoms with Crippen molar-refractivity contribution in [3.63, 3.8) is 0 Å². The topological polar surface area (TPSA) is 362 Å². The second-order valence-corrected chi connectivity index (χ2v) is 25.7. The monoisotopic (exact) mass is 1300 g/mol. The number of nitrogens with one attached hydrogen (secondary N) is 3. The Kier molecular flexibility index (Phi) is 29.4. The van der Waals surface area contributed by atoms with E-state index in [-0.39, 0.29) is 57.7 Å². The lowest BCUT2D eigenvalue weighted by Gasteiger charge is -2.42. The number of primary amides is 2. The van der Waals surface area contributed by atoms with Gasteiger partial charge in [0.15, 0.2) is 0 Å². The molecule has 8 N–H and O–H groups in total. The van der Waals surface area contributed by atoms with Crippen LogP contribution in [0.4, 0.5) is 0 Å². The Morgan fingerprint density at radius 3 is 1.47 bits per heavy atom. The maximum atomic E-state index is 15.2. The number of nitrogens with zero attached hydrogens (tertiary/aromatic N) is 7. The molecule has 2 aromatic carbocycles. The Morgan fingerprint density at radius 2 is 1.00 bits per heavy atom. The molecule has 0 spiro atoms. The smallest absolute Gasteiger partial charge is 0.326 e. The van der Waals surface area contributed by atoms with E-state index in [0.29, 0.717) is 30.4 Å². The van der Waals surface area contributed by atoms with Crippen LogP contribution < -0.4 is 27.4 Å². The highest BCUT2D eigenvalue weighted by atomic mass is 16.5. The first-order valence-corrected chi connectivity index (χ1v) is 31.9. The summed E-state index contributed by atoms with van der Waals surface area (Å²) in [6, 6.07) is 4.45. The van der Waals surface area contributed by atoms with Gasteiger partial charge in [-0.1, -0.05) is 122 Å². The fraction of sp³-hybridized carbons (Fsp3) is 0.621. The van der Waals surface area contributed by atoms with Crippen LogP contribution in [0.2, 0.25) is 0 Å². The van der Waals surface area contributed by atoms with Gasteiger partial charge < -0.3 is 71.6 Å². The van der Waals surface area contributed by atoms with Crippen molar-refractivity contribution in [2.45, 2.75) is 180 Å². The molecule has 93 heavy (non-hydrogen) atoms. The molecule has 2 fully saturated rings. The van der Waals surface area contributed by atoms with Crippen molar-refractivity contribution in [1.82, 2.24) is 50.2 Å². The van der Waals surface area contributed by atoms with Crippen molar-refractivity contribution in [2.75, 3.05) is 62.0 Å². The zero-order valence-electron chi connectivity index (χ0n) is 56.5. The van der Waals surface area contributed by atoms with E-state index in [1.54, 1.807) is 116 Å². The number of amides is 12. The normalized spacial score (nSPS) is 17.6. The number of nitrogens with two attached hydrogens (primary N) is 2. The lowest BCUT2D eigenvalue weighted by atomic mass is 9.92. The van der Waals surface area contributed by atoms with Gasteiger partial charge in [0.25, 0.3) is 0 Å². The first kappa shape index (κ1) is 77.0. The van der Waals surface area contributed by atoms with Crippen molar-refractivity contribution < 1.29 is 72.2 Å². The van der Waals surface area contributed by atoms with Crippen molar-refractivity contribution in [2.24, 2.45) is 35.1 Å². The molecular formula is C66H100N12O15. The summed E-state index contributed by atoms with van der Waals surface area (Å²) in [5, 5.41) is 17.9.